The monoisotopic (exact) mass is 284 g/mol. The van der Waals surface area contributed by atoms with Crippen LogP contribution in [-0.2, 0) is 13.0 Å². The van der Waals surface area contributed by atoms with E-state index in [1.54, 1.807) is 6.33 Å². The molecular formula is C16H20N4O. The number of rotatable bonds is 3. The first kappa shape index (κ1) is 13.7. The summed E-state index contributed by atoms with van der Waals surface area (Å²) in [6.07, 6.45) is 2.63. The molecule has 1 aromatic heterocycles. The Balaban J connectivity index is 1.84. The van der Waals surface area contributed by atoms with Crippen molar-refractivity contribution in [2.24, 2.45) is 0 Å². The number of nitrogens with zero attached hydrogens (tertiary/aromatic N) is 3. The van der Waals surface area contributed by atoms with Gasteiger partial charge in [0.05, 0.1) is 6.10 Å². The maximum absolute atomic E-state index is 6.09. The van der Waals surface area contributed by atoms with E-state index in [0.29, 0.717) is 5.88 Å². The first-order valence-corrected chi connectivity index (χ1v) is 7.23. The highest BCUT2D eigenvalue weighted by molar-refractivity contribution is 5.55. The third-order valence-electron chi connectivity index (χ3n) is 3.62. The average Bonchev–Trinajstić information content (AvgIpc) is 2.47. The lowest BCUT2D eigenvalue weighted by molar-refractivity contribution is 0.232. The molecule has 1 aromatic carbocycles. The molecule has 0 amide bonds. The van der Waals surface area contributed by atoms with E-state index >= 15 is 0 Å². The number of anilines is 2. The topological polar surface area (TPSA) is 64.3 Å². The largest absolute Gasteiger partial charge is 0.475 e. The second-order valence-electron chi connectivity index (χ2n) is 5.54. The molecule has 21 heavy (non-hydrogen) atoms. The molecule has 0 spiro atoms. The summed E-state index contributed by atoms with van der Waals surface area (Å²) in [5.74, 6) is 1.50. The van der Waals surface area contributed by atoms with Crippen molar-refractivity contribution in [2.75, 3.05) is 17.2 Å². The van der Waals surface area contributed by atoms with Gasteiger partial charge in [-0.1, -0.05) is 12.1 Å². The summed E-state index contributed by atoms with van der Waals surface area (Å²) in [6, 6.07) is 8.01. The number of nitrogen functional groups attached to an aromatic ring is 1. The Morgan fingerprint density at radius 1 is 1.29 bits per heavy atom. The second-order valence-corrected chi connectivity index (χ2v) is 5.54. The third-order valence-corrected chi connectivity index (χ3v) is 3.62. The van der Waals surface area contributed by atoms with Gasteiger partial charge < -0.3 is 15.4 Å². The molecule has 0 aliphatic carbocycles. The van der Waals surface area contributed by atoms with E-state index in [4.69, 9.17) is 10.5 Å². The molecule has 0 bridgehead atoms. The van der Waals surface area contributed by atoms with Crippen LogP contribution in [-0.4, -0.2) is 22.6 Å². The van der Waals surface area contributed by atoms with Crippen LogP contribution in [0.5, 0.6) is 5.88 Å². The van der Waals surface area contributed by atoms with Gasteiger partial charge in [-0.05, 0) is 37.5 Å². The van der Waals surface area contributed by atoms with Crippen LogP contribution in [0.15, 0.2) is 30.6 Å². The van der Waals surface area contributed by atoms with Crippen LogP contribution in [0.1, 0.15) is 25.0 Å². The van der Waals surface area contributed by atoms with E-state index in [0.717, 1.165) is 31.0 Å². The lowest BCUT2D eigenvalue weighted by Gasteiger charge is -2.30. The number of aromatic nitrogens is 2. The molecule has 2 heterocycles. The van der Waals surface area contributed by atoms with Crippen molar-refractivity contribution in [3.63, 3.8) is 0 Å². The van der Waals surface area contributed by atoms with Gasteiger partial charge in [0, 0.05) is 24.8 Å². The minimum absolute atomic E-state index is 0.102. The molecule has 5 heteroatoms. The predicted molar refractivity (Wildman–Crippen MR) is 83.4 cm³/mol. The highest BCUT2D eigenvalue weighted by Crippen LogP contribution is 2.27. The van der Waals surface area contributed by atoms with E-state index < -0.39 is 0 Å². The van der Waals surface area contributed by atoms with Crippen LogP contribution in [0.25, 0.3) is 0 Å². The molecule has 2 aromatic rings. The van der Waals surface area contributed by atoms with Crippen molar-refractivity contribution in [2.45, 2.75) is 32.9 Å². The smallest absolute Gasteiger partial charge is 0.218 e. The van der Waals surface area contributed by atoms with Gasteiger partial charge in [-0.15, -0.1) is 0 Å². The molecule has 0 atom stereocenters. The zero-order valence-electron chi connectivity index (χ0n) is 12.4. The van der Waals surface area contributed by atoms with E-state index in [9.17, 15) is 0 Å². The van der Waals surface area contributed by atoms with Crippen LogP contribution in [0.3, 0.4) is 0 Å². The zero-order valence-corrected chi connectivity index (χ0v) is 12.4. The molecule has 2 N–H and O–H groups in total. The Morgan fingerprint density at radius 3 is 2.95 bits per heavy atom. The molecule has 3 rings (SSSR count). The normalized spacial score (nSPS) is 14.1. The fraction of sp³-hybridized carbons (Fsp3) is 0.375. The van der Waals surface area contributed by atoms with Gasteiger partial charge >= 0.3 is 0 Å². The van der Waals surface area contributed by atoms with Gasteiger partial charge in [-0.25, -0.2) is 9.97 Å². The highest BCUT2D eigenvalue weighted by Gasteiger charge is 2.19. The average molecular weight is 284 g/mol. The Labute approximate surface area is 124 Å². The summed E-state index contributed by atoms with van der Waals surface area (Å²) in [5.41, 5.74) is 9.48. The van der Waals surface area contributed by atoms with Crippen LogP contribution in [0.4, 0.5) is 11.5 Å². The van der Waals surface area contributed by atoms with Gasteiger partial charge in [-0.2, -0.15) is 0 Å². The fourth-order valence-electron chi connectivity index (χ4n) is 2.61. The van der Waals surface area contributed by atoms with Gasteiger partial charge in [0.15, 0.2) is 0 Å². The van der Waals surface area contributed by atoms with Crippen molar-refractivity contribution < 1.29 is 4.74 Å². The molecule has 1 aliphatic heterocycles. The summed E-state index contributed by atoms with van der Waals surface area (Å²) in [6.45, 7) is 5.67. The van der Waals surface area contributed by atoms with Crippen LogP contribution in [0.2, 0.25) is 0 Å². The SMILES string of the molecule is CC(C)Oc1cc(N2CCc3cccc(N)c3C2)ncn1. The van der Waals surface area contributed by atoms with E-state index in [-0.39, 0.29) is 6.10 Å². The fourth-order valence-corrected chi connectivity index (χ4v) is 2.61. The standard InChI is InChI=1S/C16H20N4O/c1-11(2)21-16-8-15(18-10-19-16)20-7-6-12-4-3-5-14(17)13(12)9-20/h3-5,8,10-11H,6-7,9,17H2,1-2H3. The van der Waals surface area contributed by atoms with Crippen LogP contribution < -0.4 is 15.4 Å². The Bertz CT molecular complexity index is 642. The van der Waals surface area contributed by atoms with Gasteiger partial charge in [-0.3, -0.25) is 0 Å². The molecule has 0 fully saturated rings. The molecule has 0 radical (unpaired) electrons. The van der Waals surface area contributed by atoms with E-state index in [1.807, 2.05) is 32.0 Å². The molecule has 0 unspecified atom stereocenters. The lowest BCUT2D eigenvalue weighted by Crippen LogP contribution is -2.31. The van der Waals surface area contributed by atoms with E-state index in [1.165, 1.54) is 11.1 Å². The van der Waals surface area contributed by atoms with Crippen LogP contribution in [0, 0.1) is 0 Å². The maximum Gasteiger partial charge on any atom is 0.218 e. The zero-order chi connectivity index (χ0) is 14.8. The first-order valence-electron chi connectivity index (χ1n) is 7.23. The van der Waals surface area contributed by atoms with Crippen molar-refractivity contribution >= 4 is 11.5 Å². The molecule has 110 valence electrons. The van der Waals surface area contributed by atoms with Crippen molar-refractivity contribution in [3.05, 3.63) is 41.7 Å². The summed E-state index contributed by atoms with van der Waals surface area (Å²) < 4.78 is 5.64. The van der Waals surface area contributed by atoms with Crippen molar-refractivity contribution in [3.8, 4) is 5.88 Å². The maximum atomic E-state index is 6.09. The van der Waals surface area contributed by atoms with Gasteiger partial charge in [0.2, 0.25) is 5.88 Å². The van der Waals surface area contributed by atoms with E-state index in [2.05, 4.69) is 20.9 Å². The highest BCUT2D eigenvalue weighted by atomic mass is 16.5. The Kier molecular flexibility index (Phi) is 3.64. The predicted octanol–water partition coefficient (Wildman–Crippen LogP) is 2.41. The van der Waals surface area contributed by atoms with Gasteiger partial charge in [0.25, 0.3) is 0 Å². The Morgan fingerprint density at radius 2 is 2.14 bits per heavy atom. The lowest BCUT2D eigenvalue weighted by atomic mass is 9.98. The molecule has 1 aliphatic rings. The number of ether oxygens (including phenoxy) is 1. The molecule has 5 nitrogen and oxygen atoms in total. The summed E-state index contributed by atoms with van der Waals surface area (Å²) in [5, 5.41) is 0. The quantitative estimate of drug-likeness (QED) is 0.877. The Hall–Kier alpha value is -2.30. The first-order chi connectivity index (χ1) is 10.1. The summed E-state index contributed by atoms with van der Waals surface area (Å²) >= 11 is 0. The summed E-state index contributed by atoms with van der Waals surface area (Å²) in [4.78, 5) is 10.7. The van der Waals surface area contributed by atoms with Crippen molar-refractivity contribution in [1.29, 1.82) is 0 Å². The molecule has 0 saturated carbocycles. The number of hydrogen-bond acceptors (Lipinski definition) is 5. The van der Waals surface area contributed by atoms with Gasteiger partial charge in [0.1, 0.15) is 12.1 Å². The number of fused-ring (bicyclic) bond motifs is 1. The number of benzene rings is 1. The number of nitrogens with two attached hydrogens (primary N) is 1. The van der Waals surface area contributed by atoms with Crippen molar-refractivity contribution in [1.82, 2.24) is 9.97 Å². The minimum atomic E-state index is 0.102. The number of hydrogen-bond donors (Lipinski definition) is 1. The summed E-state index contributed by atoms with van der Waals surface area (Å²) in [7, 11) is 0. The third kappa shape index (κ3) is 2.91. The second kappa shape index (κ2) is 5.60. The van der Waals surface area contributed by atoms with Crippen LogP contribution >= 0.6 is 0 Å². The minimum Gasteiger partial charge on any atom is -0.475 e. The molecule has 0 saturated heterocycles. The molecular weight excluding hydrogens is 264 g/mol.